The first kappa shape index (κ1) is 14.8. The molecule has 0 spiro atoms. The van der Waals surface area contributed by atoms with E-state index in [1.54, 1.807) is 7.11 Å². The van der Waals surface area contributed by atoms with Crippen molar-refractivity contribution in [3.8, 4) is 5.75 Å². The van der Waals surface area contributed by atoms with E-state index >= 15 is 0 Å². The van der Waals surface area contributed by atoms with Gasteiger partial charge in [0, 0.05) is 29.7 Å². The second-order valence-electron chi connectivity index (χ2n) is 4.81. The molecule has 4 nitrogen and oxygen atoms in total. The average molecular weight is 329 g/mol. The molecule has 1 heterocycles. The minimum Gasteiger partial charge on any atom is -0.496 e. The van der Waals surface area contributed by atoms with Crippen molar-refractivity contribution in [3.05, 3.63) is 28.2 Å². The standard InChI is InChI=1S/C14H21BrN2O2/c1-10-9-17(5-6-19-10)13(8-16)12-7-11(15)3-4-14(12)18-2/h3-4,7,10,13H,5-6,8-9,16H2,1-2H3. The van der Waals surface area contributed by atoms with Crippen LogP contribution in [0.3, 0.4) is 0 Å². The highest BCUT2D eigenvalue weighted by molar-refractivity contribution is 9.10. The number of benzene rings is 1. The Hall–Kier alpha value is -0.620. The van der Waals surface area contributed by atoms with E-state index in [-0.39, 0.29) is 12.1 Å². The fourth-order valence-corrected chi connectivity index (χ4v) is 2.95. The molecule has 1 saturated heterocycles. The number of morpholine rings is 1. The predicted octanol–water partition coefficient (Wildman–Crippen LogP) is 2.18. The van der Waals surface area contributed by atoms with E-state index in [9.17, 15) is 0 Å². The predicted molar refractivity (Wildman–Crippen MR) is 79.5 cm³/mol. The van der Waals surface area contributed by atoms with Crippen molar-refractivity contribution in [1.82, 2.24) is 4.90 Å². The Balaban J connectivity index is 2.27. The molecular weight excluding hydrogens is 308 g/mol. The van der Waals surface area contributed by atoms with Gasteiger partial charge < -0.3 is 15.2 Å². The maximum absolute atomic E-state index is 6.00. The molecule has 0 aliphatic carbocycles. The molecule has 0 aromatic heterocycles. The molecule has 1 aromatic rings. The van der Waals surface area contributed by atoms with Crippen LogP contribution in [-0.4, -0.2) is 44.4 Å². The van der Waals surface area contributed by atoms with E-state index in [0.29, 0.717) is 6.54 Å². The number of halogens is 1. The Kier molecular flexibility index (Phi) is 5.21. The van der Waals surface area contributed by atoms with Crippen LogP contribution in [0.2, 0.25) is 0 Å². The van der Waals surface area contributed by atoms with Crippen LogP contribution in [0.15, 0.2) is 22.7 Å². The summed E-state index contributed by atoms with van der Waals surface area (Å²) in [5.41, 5.74) is 7.13. The van der Waals surface area contributed by atoms with Crippen LogP contribution in [0.1, 0.15) is 18.5 Å². The monoisotopic (exact) mass is 328 g/mol. The third-order valence-corrected chi connectivity index (χ3v) is 3.98. The van der Waals surface area contributed by atoms with Crippen molar-refractivity contribution >= 4 is 15.9 Å². The van der Waals surface area contributed by atoms with Crippen molar-refractivity contribution in [2.75, 3.05) is 33.4 Å². The average Bonchev–Trinajstić information content (AvgIpc) is 2.40. The number of nitrogens with two attached hydrogens (primary N) is 1. The van der Waals surface area contributed by atoms with E-state index in [1.165, 1.54) is 0 Å². The Bertz CT molecular complexity index is 428. The minimum absolute atomic E-state index is 0.166. The first-order chi connectivity index (χ1) is 9.15. The van der Waals surface area contributed by atoms with Crippen molar-refractivity contribution in [3.63, 3.8) is 0 Å². The van der Waals surface area contributed by atoms with Crippen molar-refractivity contribution in [2.45, 2.75) is 19.1 Å². The van der Waals surface area contributed by atoms with Gasteiger partial charge in [0.2, 0.25) is 0 Å². The van der Waals surface area contributed by atoms with Crippen LogP contribution in [0.4, 0.5) is 0 Å². The SMILES string of the molecule is COc1ccc(Br)cc1C(CN)N1CCOC(C)C1. The van der Waals surface area contributed by atoms with Crippen LogP contribution in [0, 0.1) is 0 Å². The molecule has 106 valence electrons. The normalized spacial score (nSPS) is 22.2. The lowest BCUT2D eigenvalue weighted by molar-refractivity contribution is -0.0335. The molecule has 0 amide bonds. The van der Waals surface area contributed by atoms with Crippen molar-refractivity contribution < 1.29 is 9.47 Å². The van der Waals surface area contributed by atoms with Gasteiger partial charge >= 0.3 is 0 Å². The quantitative estimate of drug-likeness (QED) is 0.920. The first-order valence-corrected chi connectivity index (χ1v) is 7.34. The smallest absolute Gasteiger partial charge is 0.123 e. The zero-order valence-corrected chi connectivity index (χ0v) is 13.0. The summed E-state index contributed by atoms with van der Waals surface area (Å²) < 4.78 is 12.1. The molecule has 1 fully saturated rings. The molecule has 19 heavy (non-hydrogen) atoms. The fraction of sp³-hybridized carbons (Fsp3) is 0.571. The minimum atomic E-state index is 0.166. The van der Waals surface area contributed by atoms with Crippen LogP contribution in [0.5, 0.6) is 5.75 Å². The molecule has 1 aliphatic rings. The molecule has 5 heteroatoms. The van der Waals surface area contributed by atoms with Gasteiger partial charge in [-0.05, 0) is 25.1 Å². The molecule has 2 atom stereocenters. The van der Waals surface area contributed by atoms with Gasteiger partial charge in [0.15, 0.2) is 0 Å². The molecule has 1 aromatic carbocycles. The number of rotatable bonds is 4. The number of methoxy groups -OCH3 is 1. The maximum atomic E-state index is 6.00. The zero-order valence-electron chi connectivity index (χ0n) is 11.4. The van der Waals surface area contributed by atoms with Crippen LogP contribution in [0.25, 0.3) is 0 Å². The Labute approximate surface area is 123 Å². The number of nitrogens with zero attached hydrogens (tertiary/aromatic N) is 1. The molecule has 2 rings (SSSR count). The number of hydrogen-bond acceptors (Lipinski definition) is 4. The van der Waals surface area contributed by atoms with E-state index in [2.05, 4.69) is 33.8 Å². The Morgan fingerprint density at radius 1 is 1.58 bits per heavy atom. The van der Waals surface area contributed by atoms with E-state index in [1.807, 2.05) is 12.1 Å². The maximum Gasteiger partial charge on any atom is 0.123 e. The molecule has 2 N–H and O–H groups in total. The summed E-state index contributed by atoms with van der Waals surface area (Å²) in [4.78, 5) is 2.37. The van der Waals surface area contributed by atoms with Gasteiger partial charge in [0.05, 0.1) is 25.9 Å². The molecular formula is C14H21BrN2O2. The number of ether oxygens (including phenoxy) is 2. The van der Waals surface area contributed by atoms with Gasteiger partial charge in [0.1, 0.15) is 5.75 Å². The largest absolute Gasteiger partial charge is 0.496 e. The van der Waals surface area contributed by atoms with Crippen molar-refractivity contribution in [2.24, 2.45) is 5.73 Å². The van der Waals surface area contributed by atoms with Gasteiger partial charge in [-0.3, -0.25) is 4.90 Å². The second kappa shape index (κ2) is 6.70. The highest BCUT2D eigenvalue weighted by Gasteiger charge is 2.26. The molecule has 1 aliphatic heterocycles. The van der Waals surface area contributed by atoms with Crippen LogP contribution < -0.4 is 10.5 Å². The lowest BCUT2D eigenvalue weighted by Gasteiger charge is -2.37. The van der Waals surface area contributed by atoms with E-state index in [4.69, 9.17) is 15.2 Å². The van der Waals surface area contributed by atoms with Gasteiger partial charge in [0.25, 0.3) is 0 Å². The summed E-state index contributed by atoms with van der Waals surface area (Å²) in [6.45, 7) is 5.23. The lowest BCUT2D eigenvalue weighted by Crippen LogP contribution is -2.45. The third kappa shape index (κ3) is 3.48. The van der Waals surface area contributed by atoms with Gasteiger partial charge in [-0.15, -0.1) is 0 Å². The summed E-state index contributed by atoms with van der Waals surface area (Å²) in [6, 6.07) is 6.22. The first-order valence-electron chi connectivity index (χ1n) is 6.55. The topological polar surface area (TPSA) is 47.7 Å². The van der Waals surface area contributed by atoms with E-state index in [0.717, 1.165) is 35.5 Å². The van der Waals surface area contributed by atoms with Gasteiger partial charge in [-0.2, -0.15) is 0 Å². The van der Waals surface area contributed by atoms with E-state index < -0.39 is 0 Å². The molecule has 0 saturated carbocycles. The highest BCUT2D eigenvalue weighted by atomic mass is 79.9. The summed E-state index contributed by atoms with van der Waals surface area (Å²) in [5.74, 6) is 0.887. The van der Waals surface area contributed by atoms with Crippen LogP contribution >= 0.6 is 15.9 Å². The number of hydrogen-bond donors (Lipinski definition) is 1. The summed E-state index contributed by atoms with van der Waals surface area (Å²) >= 11 is 3.52. The Morgan fingerprint density at radius 2 is 2.37 bits per heavy atom. The van der Waals surface area contributed by atoms with Gasteiger partial charge in [-0.25, -0.2) is 0 Å². The summed E-state index contributed by atoms with van der Waals surface area (Å²) in [5, 5.41) is 0. The molecule has 2 unspecified atom stereocenters. The van der Waals surface area contributed by atoms with Crippen LogP contribution in [-0.2, 0) is 4.74 Å². The van der Waals surface area contributed by atoms with Crippen molar-refractivity contribution in [1.29, 1.82) is 0 Å². The summed E-state index contributed by atoms with van der Waals surface area (Å²) in [7, 11) is 1.70. The Morgan fingerprint density at radius 3 is 3.00 bits per heavy atom. The second-order valence-corrected chi connectivity index (χ2v) is 5.73. The molecule has 0 bridgehead atoms. The lowest BCUT2D eigenvalue weighted by atomic mass is 10.0. The third-order valence-electron chi connectivity index (χ3n) is 3.49. The fourth-order valence-electron chi connectivity index (χ4n) is 2.57. The van der Waals surface area contributed by atoms with Gasteiger partial charge in [-0.1, -0.05) is 15.9 Å². The highest BCUT2D eigenvalue weighted by Crippen LogP contribution is 2.32. The zero-order chi connectivity index (χ0) is 13.8. The molecule has 0 radical (unpaired) electrons. The summed E-state index contributed by atoms with van der Waals surface area (Å²) in [6.07, 6.45) is 0.251.